The number of esters is 1. The molecule has 1 heterocycles. The molecule has 118 valence electrons. The molecule has 1 aliphatic carbocycles. The van der Waals surface area contributed by atoms with Crippen molar-refractivity contribution in [1.82, 2.24) is 0 Å². The van der Waals surface area contributed by atoms with Crippen LogP contribution in [-0.2, 0) is 16.0 Å². The quantitative estimate of drug-likeness (QED) is 0.816. The van der Waals surface area contributed by atoms with E-state index in [1.165, 1.54) is 23.7 Å². The highest BCUT2D eigenvalue weighted by Crippen LogP contribution is 2.44. The molecule has 4 heteroatoms. The summed E-state index contributed by atoms with van der Waals surface area (Å²) in [7, 11) is 0. The zero-order chi connectivity index (χ0) is 15.6. The highest BCUT2D eigenvalue weighted by Gasteiger charge is 2.42. The summed E-state index contributed by atoms with van der Waals surface area (Å²) in [4.78, 5) is 13.8. The summed E-state index contributed by atoms with van der Waals surface area (Å²) < 4.78 is 5.77. The maximum atomic E-state index is 12.4. The zero-order valence-corrected chi connectivity index (χ0v) is 13.7. The Morgan fingerprint density at radius 2 is 1.95 bits per heavy atom. The van der Waals surface area contributed by atoms with Crippen LogP contribution in [0.1, 0.15) is 51.0 Å². The van der Waals surface area contributed by atoms with Gasteiger partial charge in [-0.05, 0) is 43.7 Å². The molecule has 1 N–H and O–H groups in total. The largest absolute Gasteiger partial charge is 0.511 e. The Morgan fingerprint density at radius 3 is 2.64 bits per heavy atom. The first-order valence-electron chi connectivity index (χ1n) is 8.05. The van der Waals surface area contributed by atoms with Crippen LogP contribution in [0.15, 0.2) is 39.8 Å². The van der Waals surface area contributed by atoms with Gasteiger partial charge in [-0.15, -0.1) is 0 Å². The van der Waals surface area contributed by atoms with Crippen LogP contribution in [0.4, 0.5) is 0 Å². The van der Waals surface area contributed by atoms with Crippen LogP contribution in [0.25, 0.3) is 0 Å². The summed E-state index contributed by atoms with van der Waals surface area (Å²) >= 11 is 1.33. The molecular weight excluding hydrogens is 296 g/mol. The molecule has 22 heavy (non-hydrogen) atoms. The Bertz CT molecular complexity index is 600. The average Bonchev–Trinajstić information content (AvgIpc) is 2.52. The molecule has 0 aromatic heterocycles. The van der Waals surface area contributed by atoms with Crippen molar-refractivity contribution >= 4 is 17.7 Å². The van der Waals surface area contributed by atoms with Gasteiger partial charge in [-0.2, -0.15) is 0 Å². The van der Waals surface area contributed by atoms with E-state index < -0.39 is 5.60 Å². The molecule has 0 atom stereocenters. The van der Waals surface area contributed by atoms with Gasteiger partial charge in [0, 0.05) is 11.3 Å². The van der Waals surface area contributed by atoms with Crippen LogP contribution in [0.3, 0.4) is 0 Å². The fourth-order valence-electron chi connectivity index (χ4n) is 3.36. The number of benzene rings is 1. The van der Waals surface area contributed by atoms with Crippen LogP contribution < -0.4 is 0 Å². The van der Waals surface area contributed by atoms with E-state index in [1.54, 1.807) is 0 Å². The number of aliphatic hydroxyl groups is 1. The highest BCUT2D eigenvalue weighted by molar-refractivity contribution is 8.04. The van der Waals surface area contributed by atoms with Gasteiger partial charge in [0.25, 0.3) is 0 Å². The Morgan fingerprint density at radius 1 is 1.23 bits per heavy atom. The fraction of sp³-hybridized carbons (Fsp3) is 0.500. The molecule has 1 fully saturated rings. The van der Waals surface area contributed by atoms with Crippen LogP contribution >= 0.6 is 11.8 Å². The Kier molecular flexibility index (Phi) is 4.48. The molecule has 0 saturated heterocycles. The molecule has 0 unspecified atom stereocenters. The van der Waals surface area contributed by atoms with Crippen molar-refractivity contribution in [2.45, 2.75) is 62.4 Å². The molecule has 1 aromatic carbocycles. The van der Waals surface area contributed by atoms with Crippen molar-refractivity contribution in [3.05, 3.63) is 40.5 Å². The first kappa shape index (κ1) is 15.5. The van der Waals surface area contributed by atoms with E-state index in [0.717, 1.165) is 37.0 Å². The summed E-state index contributed by atoms with van der Waals surface area (Å²) in [6.07, 6.45) is 6.43. The molecule has 1 spiro atoms. The second-order valence-electron chi connectivity index (χ2n) is 6.15. The molecule has 2 aliphatic rings. The molecule has 0 bridgehead atoms. The summed E-state index contributed by atoms with van der Waals surface area (Å²) in [6.45, 7) is 2.09. The number of aryl methyl sites for hydroxylation is 1. The Hall–Kier alpha value is -1.42. The minimum atomic E-state index is -0.451. The van der Waals surface area contributed by atoms with Crippen LogP contribution in [0, 0.1) is 0 Å². The Labute approximate surface area is 135 Å². The van der Waals surface area contributed by atoms with E-state index in [-0.39, 0.29) is 11.7 Å². The van der Waals surface area contributed by atoms with Crippen LogP contribution in [-0.4, -0.2) is 16.7 Å². The lowest BCUT2D eigenvalue weighted by molar-refractivity contribution is -0.161. The van der Waals surface area contributed by atoms with E-state index in [2.05, 4.69) is 13.0 Å². The van der Waals surface area contributed by atoms with Crippen molar-refractivity contribution in [2.75, 3.05) is 0 Å². The van der Waals surface area contributed by atoms with E-state index >= 15 is 0 Å². The van der Waals surface area contributed by atoms with Crippen LogP contribution in [0.5, 0.6) is 0 Å². The molecule has 3 nitrogen and oxygen atoms in total. The number of hydrogen-bond donors (Lipinski definition) is 1. The summed E-state index contributed by atoms with van der Waals surface area (Å²) in [5, 5.41) is 10.4. The normalized spacial score (nSPS) is 21.0. The topological polar surface area (TPSA) is 46.5 Å². The molecule has 1 aromatic rings. The Balaban J connectivity index is 1.84. The smallest absolute Gasteiger partial charge is 0.349 e. The first-order chi connectivity index (χ1) is 10.6. The number of carbonyl (C=O) groups excluding carboxylic acids is 1. The van der Waals surface area contributed by atoms with Crippen molar-refractivity contribution in [3.8, 4) is 0 Å². The van der Waals surface area contributed by atoms with Crippen molar-refractivity contribution < 1.29 is 14.6 Å². The maximum absolute atomic E-state index is 12.4. The monoisotopic (exact) mass is 318 g/mol. The van der Waals surface area contributed by atoms with E-state index in [1.807, 2.05) is 18.2 Å². The van der Waals surface area contributed by atoms with Gasteiger partial charge >= 0.3 is 5.97 Å². The standard InChI is InChI=1S/C18H22O3S/c1-2-13-8-4-5-9-15(13)22-16-14(19)12-18(21-17(16)20)10-6-3-7-11-18/h4-5,8-9,19H,2-3,6-7,10-12H2,1H3. The molecule has 1 aliphatic heterocycles. The maximum Gasteiger partial charge on any atom is 0.349 e. The van der Waals surface area contributed by atoms with E-state index in [0.29, 0.717) is 11.3 Å². The average molecular weight is 318 g/mol. The van der Waals surface area contributed by atoms with Crippen molar-refractivity contribution in [3.63, 3.8) is 0 Å². The van der Waals surface area contributed by atoms with Gasteiger partial charge < -0.3 is 9.84 Å². The van der Waals surface area contributed by atoms with Gasteiger partial charge in [0.15, 0.2) is 0 Å². The van der Waals surface area contributed by atoms with Gasteiger partial charge in [0.2, 0.25) is 0 Å². The first-order valence-corrected chi connectivity index (χ1v) is 8.86. The predicted molar refractivity (Wildman–Crippen MR) is 87.9 cm³/mol. The van der Waals surface area contributed by atoms with Crippen molar-refractivity contribution in [2.24, 2.45) is 0 Å². The molecular formula is C18H22O3S. The van der Waals surface area contributed by atoms with E-state index in [9.17, 15) is 9.90 Å². The third-order valence-electron chi connectivity index (χ3n) is 4.58. The predicted octanol–water partition coefficient (Wildman–Crippen LogP) is 4.76. The van der Waals surface area contributed by atoms with Crippen LogP contribution in [0.2, 0.25) is 0 Å². The van der Waals surface area contributed by atoms with E-state index in [4.69, 9.17) is 4.74 Å². The minimum Gasteiger partial charge on any atom is -0.511 e. The number of hydrogen-bond acceptors (Lipinski definition) is 4. The number of aliphatic hydroxyl groups excluding tert-OH is 1. The third-order valence-corrected chi connectivity index (χ3v) is 5.80. The minimum absolute atomic E-state index is 0.203. The van der Waals surface area contributed by atoms with Crippen molar-refractivity contribution in [1.29, 1.82) is 0 Å². The SMILES string of the molecule is CCc1ccccc1SC1=C(O)CC2(CCCCC2)OC1=O. The fourth-order valence-corrected chi connectivity index (χ4v) is 4.39. The number of ether oxygens (including phenoxy) is 1. The number of rotatable bonds is 3. The number of carbonyl (C=O) groups is 1. The lowest BCUT2D eigenvalue weighted by Crippen LogP contribution is -2.41. The molecule has 0 amide bonds. The van der Waals surface area contributed by atoms with Gasteiger partial charge in [-0.3, -0.25) is 0 Å². The van der Waals surface area contributed by atoms with Gasteiger partial charge in [0.1, 0.15) is 16.3 Å². The second kappa shape index (κ2) is 6.37. The molecule has 1 saturated carbocycles. The second-order valence-corrected chi connectivity index (χ2v) is 7.20. The lowest BCUT2D eigenvalue weighted by Gasteiger charge is -2.39. The summed E-state index contributed by atoms with van der Waals surface area (Å²) in [5.41, 5.74) is 0.729. The molecule has 3 rings (SSSR count). The van der Waals surface area contributed by atoms with Gasteiger partial charge in [0.05, 0.1) is 0 Å². The van der Waals surface area contributed by atoms with Gasteiger partial charge in [-0.1, -0.05) is 43.3 Å². The number of thioether (sulfide) groups is 1. The zero-order valence-electron chi connectivity index (χ0n) is 12.9. The summed E-state index contributed by atoms with van der Waals surface area (Å²) in [6, 6.07) is 7.99. The van der Waals surface area contributed by atoms with Gasteiger partial charge in [-0.25, -0.2) is 4.79 Å². The third kappa shape index (κ3) is 3.02. The highest BCUT2D eigenvalue weighted by atomic mass is 32.2. The lowest BCUT2D eigenvalue weighted by atomic mass is 9.81. The molecule has 0 radical (unpaired) electrons. The summed E-state index contributed by atoms with van der Waals surface area (Å²) in [5.74, 6) is -0.157.